The lowest BCUT2D eigenvalue weighted by Gasteiger charge is -2.22. The average Bonchev–Trinajstić information content (AvgIpc) is 2.27. The van der Waals surface area contributed by atoms with Gasteiger partial charge in [-0.15, -0.1) is 0 Å². The molecule has 0 amide bonds. The van der Waals surface area contributed by atoms with Crippen molar-refractivity contribution < 1.29 is 30.3 Å². The molecule has 0 heterocycles. The Balaban J connectivity index is 0. The van der Waals surface area contributed by atoms with Gasteiger partial charge >= 0.3 is 5.97 Å². The van der Waals surface area contributed by atoms with Gasteiger partial charge in [0, 0.05) is 0 Å². The SMILES string of the molecule is CC(CO)(CO)C(=O)O.CC(O)N(C)C(C)O. The summed E-state index contributed by atoms with van der Waals surface area (Å²) in [5.41, 5.74) is -1.39. The number of rotatable bonds is 5. The molecule has 0 bridgehead atoms. The Bertz CT molecular complexity index is 207. The van der Waals surface area contributed by atoms with E-state index in [-0.39, 0.29) is 0 Å². The van der Waals surface area contributed by atoms with Crippen molar-refractivity contribution in [1.29, 1.82) is 0 Å². The largest absolute Gasteiger partial charge is 0.481 e. The summed E-state index contributed by atoms with van der Waals surface area (Å²) in [6.07, 6.45) is -1.15. The Morgan fingerprint density at radius 2 is 1.47 bits per heavy atom. The van der Waals surface area contributed by atoms with E-state index in [1.54, 1.807) is 20.9 Å². The first-order valence-corrected chi connectivity index (χ1v) is 5.15. The lowest BCUT2D eigenvalue weighted by Crippen LogP contribution is -2.36. The molecule has 0 aliphatic rings. The van der Waals surface area contributed by atoms with E-state index in [1.165, 1.54) is 11.8 Å². The van der Waals surface area contributed by atoms with Crippen molar-refractivity contribution in [3.05, 3.63) is 0 Å². The molecule has 0 aromatic rings. The Labute approximate surface area is 101 Å². The van der Waals surface area contributed by atoms with E-state index >= 15 is 0 Å². The molecule has 0 aliphatic heterocycles. The Kier molecular flexibility index (Phi) is 9.18. The molecule has 0 saturated carbocycles. The Morgan fingerprint density at radius 3 is 1.47 bits per heavy atom. The van der Waals surface area contributed by atoms with E-state index in [1.807, 2.05) is 0 Å². The van der Waals surface area contributed by atoms with Crippen LogP contribution in [0.15, 0.2) is 0 Å². The van der Waals surface area contributed by atoms with E-state index in [4.69, 9.17) is 25.5 Å². The maximum atomic E-state index is 10.2. The van der Waals surface area contributed by atoms with E-state index in [0.717, 1.165) is 0 Å². The summed E-state index contributed by atoms with van der Waals surface area (Å²) < 4.78 is 0. The van der Waals surface area contributed by atoms with Gasteiger partial charge in [0.25, 0.3) is 0 Å². The summed E-state index contributed by atoms with van der Waals surface area (Å²) in [6.45, 7) is 3.40. The number of aliphatic carboxylic acids is 1. The lowest BCUT2D eigenvalue weighted by molar-refractivity contribution is -0.152. The van der Waals surface area contributed by atoms with Crippen LogP contribution in [0.3, 0.4) is 0 Å². The van der Waals surface area contributed by atoms with Crippen LogP contribution in [0.4, 0.5) is 0 Å². The minimum absolute atomic E-state index is 0.543. The van der Waals surface area contributed by atoms with Crippen molar-refractivity contribution in [3.8, 4) is 0 Å². The highest BCUT2D eigenvalue weighted by Crippen LogP contribution is 2.12. The maximum Gasteiger partial charge on any atom is 0.314 e. The van der Waals surface area contributed by atoms with Crippen LogP contribution < -0.4 is 0 Å². The van der Waals surface area contributed by atoms with Gasteiger partial charge in [-0.2, -0.15) is 0 Å². The summed E-state index contributed by atoms with van der Waals surface area (Å²) >= 11 is 0. The van der Waals surface area contributed by atoms with Crippen LogP contribution in [0, 0.1) is 5.41 Å². The molecule has 0 radical (unpaired) electrons. The molecule has 0 aliphatic carbocycles. The van der Waals surface area contributed by atoms with Crippen molar-refractivity contribution in [1.82, 2.24) is 4.90 Å². The van der Waals surface area contributed by atoms with Gasteiger partial charge in [0.2, 0.25) is 0 Å². The number of hydrogen-bond donors (Lipinski definition) is 5. The summed E-state index contributed by atoms with van der Waals surface area (Å²) in [7, 11) is 1.65. The van der Waals surface area contributed by atoms with Crippen LogP contribution in [0.2, 0.25) is 0 Å². The monoisotopic (exact) mass is 253 g/mol. The Hall–Kier alpha value is -0.730. The first kappa shape index (κ1) is 18.6. The van der Waals surface area contributed by atoms with Crippen molar-refractivity contribution in [3.63, 3.8) is 0 Å². The smallest absolute Gasteiger partial charge is 0.314 e. The molecule has 0 saturated heterocycles. The van der Waals surface area contributed by atoms with Gasteiger partial charge in [-0.05, 0) is 27.8 Å². The number of aliphatic hydroxyl groups is 4. The topological polar surface area (TPSA) is 121 Å². The first-order valence-electron chi connectivity index (χ1n) is 5.15. The molecule has 2 unspecified atom stereocenters. The molecule has 0 aromatic heterocycles. The van der Waals surface area contributed by atoms with Crippen LogP contribution in [0.5, 0.6) is 0 Å². The van der Waals surface area contributed by atoms with Gasteiger partial charge < -0.3 is 25.5 Å². The van der Waals surface area contributed by atoms with Crippen LogP contribution in [0.25, 0.3) is 0 Å². The summed E-state index contributed by atoms with van der Waals surface area (Å²) in [4.78, 5) is 11.6. The molecule has 0 rings (SSSR count). The highest BCUT2D eigenvalue weighted by Gasteiger charge is 2.31. The molecule has 104 valence electrons. The maximum absolute atomic E-state index is 10.2. The average molecular weight is 253 g/mol. The number of carbonyl (C=O) groups is 1. The highest BCUT2D eigenvalue weighted by atomic mass is 16.4. The van der Waals surface area contributed by atoms with Crippen molar-refractivity contribution >= 4 is 5.97 Å². The zero-order valence-electron chi connectivity index (χ0n) is 10.7. The number of aliphatic hydroxyl groups excluding tert-OH is 4. The van der Waals surface area contributed by atoms with Gasteiger partial charge in [0.05, 0.1) is 13.2 Å². The Morgan fingerprint density at radius 1 is 1.18 bits per heavy atom. The van der Waals surface area contributed by atoms with E-state index in [2.05, 4.69) is 0 Å². The second-order valence-corrected chi connectivity index (χ2v) is 4.11. The van der Waals surface area contributed by atoms with Crippen molar-refractivity contribution in [2.24, 2.45) is 5.41 Å². The normalized spacial score (nSPS) is 14.9. The van der Waals surface area contributed by atoms with E-state index in [0.29, 0.717) is 0 Å². The minimum atomic E-state index is -1.39. The predicted octanol–water partition coefficient (Wildman–Crippen LogP) is -1.34. The third kappa shape index (κ3) is 7.24. The molecule has 0 spiro atoms. The molecular weight excluding hydrogens is 230 g/mol. The second kappa shape index (κ2) is 8.37. The first-order chi connectivity index (χ1) is 7.62. The summed E-state index contributed by atoms with van der Waals surface area (Å²) in [5, 5.41) is 42.7. The molecular formula is C10H23NO6. The number of nitrogens with zero attached hydrogens (tertiary/aromatic N) is 1. The molecule has 17 heavy (non-hydrogen) atoms. The standard InChI is InChI=1S/C5H13NO2.C5H10O4/c1-4(7)6(3)5(2)8;1-5(2-6,3-7)4(8)9/h4-5,7-8H,1-3H3;6-7H,2-3H2,1H3,(H,8,9). The minimum Gasteiger partial charge on any atom is -0.481 e. The molecule has 2 atom stereocenters. The molecule has 7 nitrogen and oxygen atoms in total. The van der Waals surface area contributed by atoms with Gasteiger partial charge in [-0.1, -0.05) is 0 Å². The van der Waals surface area contributed by atoms with Gasteiger partial charge in [-0.25, -0.2) is 0 Å². The number of carboxylic acid groups (broad SMARTS) is 1. The molecule has 0 fully saturated rings. The van der Waals surface area contributed by atoms with E-state index < -0.39 is 37.1 Å². The number of hydrogen-bond acceptors (Lipinski definition) is 6. The highest BCUT2D eigenvalue weighted by molar-refractivity contribution is 5.74. The van der Waals surface area contributed by atoms with Crippen LogP contribution >= 0.6 is 0 Å². The zero-order valence-corrected chi connectivity index (χ0v) is 10.7. The lowest BCUT2D eigenvalue weighted by atomic mass is 9.94. The fourth-order valence-electron chi connectivity index (χ4n) is 0.497. The third-order valence-corrected chi connectivity index (χ3v) is 2.39. The third-order valence-electron chi connectivity index (χ3n) is 2.39. The van der Waals surface area contributed by atoms with Gasteiger partial charge in [0.15, 0.2) is 0 Å². The summed E-state index contributed by atoms with van der Waals surface area (Å²) in [5.74, 6) is -1.19. The predicted molar refractivity (Wildman–Crippen MR) is 61.0 cm³/mol. The quantitative estimate of drug-likeness (QED) is 0.384. The zero-order chi connectivity index (χ0) is 14.2. The van der Waals surface area contributed by atoms with Crippen molar-refractivity contribution in [2.45, 2.75) is 33.2 Å². The fourth-order valence-corrected chi connectivity index (χ4v) is 0.497. The van der Waals surface area contributed by atoms with Crippen LogP contribution in [-0.4, -0.2) is 69.1 Å². The van der Waals surface area contributed by atoms with Crippen LogP contribution in [0.1, 0.15) is 20.8 Å². The molecule has 5 N–H and O–H groups in total. The van der Waals surface area contributed by atoms with Crippen LogP contribution in [-0.2, 0) is 4.79 Å². The molecule has 0 aromatic carbocycles. The molecule has 7 heteroatoms. The van der Waals surface area contributed by atoms with Crippen molar-refractivity contribution in [2.75, 3.05) is 20.3 Å². The second-order valence-electron chi connectivity index (χ2n) is 4.11. The summed E-state index contributed by atoms with van der Waals surface area (Å²) in [6, 6.07) is 0. The number of carboxylic acids is 1. The van der Waals surface area contributed by atoms with E-state index in [9.17, 15) is 4.79 Å². The fraction of sp³-hybridized carbons (Fsp3) is 0.900. The van der Waals surface area contributed by atoms with Gasteiger partial charge in [-0.3, -0.25) is 9.69 Å². The van der Waals surface area contributed by atoms with Gasteiger partial charge in [0.1, 0.15) is 17.9 Å².